The molecule has 1 aromatic heterocycles. The van der Waals surface area contributed by atoms with Crippen molar-refractivity contribution >= 4 is 15.9 Å². The van der Waals surface area contributed by atoms with Crippen LogP contribution in [-0.4, -0.2) is 9.97 Å². The average Bonchev–Trinajstić information content (AvgIpc) is 2.09. The summed E-state index contributed by atoms with van der Waals surface area (Å²) in [6, 6.07) is 0. The number of aromatic nitrogens is 2. The van der Waals surface area contributed by atoms with Crippen molar-refractivity contribution in [3.8, 4) is 0 Å². The topological polar surface area (TPSA) is 25.8 Å². The molecule has 0 aromatic carbocycles. The predicted molar refractivity (Wildman–Crippen MR) is 39.1 cm³/mol. The zero-order chi connectivity index (χ0) is 12.7. The van der Waals surface area contributed by atoms with Gasteiger partial charge in [0.2, 0.25) is 0 Å². The van der Waals surface area contributed by atoms with Crippen molar-refractivity contribution in [3.05, 3.63) is 22.6 Å². The van der Waals surface area contributed by atoms with E-state index in [1.54, 1.807) is 0 Å². The molecule has 2 nitrogen and oxygen atoms in total. The Morgan fingerprint density at radius 1 is 2.00 bits per heavy atom. The number of hydrogen-bond donors (Lipinski definition) is 0. The molecule has 0 aliphatic rings. The van der Waals surface area contributed by atoms with Gasteiger partial charge in [0.1, 0.15) is 4.60 Å². The third-order valence-corrected chi connectivity index (χ3v) is 0.993. The predicted octanol–water partition coefficient (Wildman–Crippen LogP) is 1.80. The highest BCUT2D eigenvalue weighted by Gasteiger charge is 1.90. The van der Waals surface area contributed by atoms with E-state index in [1.165, 1.54) is 0 Å². The first-order valence-electron chi connectivity index (χ1n) is 5.58. The lowest BCUT2D eigenvalue weighted by Crippen LogP contribution is -1.87. The Balaban J connectivity index is 3.39. The van der Waals surface area contributed by atoms with Crippen LogP contribution in [0.4, 0.5) is 0 Å². The van der Waals surface area contributed by atoms with Gasteiger partial charge in [0.05, 0.1) is 14.6 Å². The van der Waals surface area contributed by atoms with E-state index < -0.39 is 25.1 Å². The zero-order valence-corrected chi connectivity index (χ0v) is 5.86. The molecule has 0 radical (unpaired) electrons. The van der Waals surface area contributed by atoms with Crippen molar-refractivity contribution in [1.29, 1.82) is 0 Å². The van der Waals surface area contributed by atoms with Gasteiger partial charge in [0.25, 0.3) is 0 Å². The van der Waals surface area contributed by atoms with Crippen molar-refractivity contribution in [2.75, 3.05) is 0 Å². The first-order valence-corrected chi connectivity index (χ1v) is 2.88. The van der Waals surface area contributed by atoms with E-state index in [9.17, 15) is 0 Å². The lowest BCUT2D eigenvalue weighted by Gasteiger charge is -1.92. The second-order valence-electron chi connectivity index (χ2n) is 1.21. The van der Waals surface area contributed by atoms with Crippen LogP contribution in [0, 0.1) is 0 Å². The number of hydrogen-bond acceptors (Lipinski definition) is 2. The van der Waals surface area contributed by atoms with E-state index in [0.717, 1.165) is 0 Å². The van der Waals surface area contributed by atoms with Crippen LogP contribution in [0.25, 0.3) is 0 Å². The first kappa shape index (κ1) is 2.02. The summed E-state index contributed by atoms with van der Waals surface area (Å²) in [4.78, 5) is 6.94. The molecule has 0 fully saturated rings. The van der Waals surface area contributed by atoms with Gasteiger partial charge in [-0.15, -0.1) is 0 Å². The molecule has 0 atom stereocenters. The molecule has 0 N–H and O–H groups in total. The van der Waals surface area contributed by atoms with Crippen LogP contribution < -0.4 is 0 Å². The van der Waals surface area contributed by atoms with Crippen LogP contribution in [0.15, 0.2) is 16.9 Å². The Morgan fingerprint density at radius 2 is 2.89 bits per heavy atom. The van der Waals surface area contributed by atoms with Gasteiger partial charge in [0, 0.05) is 13.0 Å². The number of rotatable bonds is 1. The lowest BCUT2D eigenvalue weighted by molar-refractivity contribution is 0.984. The summed E-state index contributed by atoms with van der Waals surface area (Å²) in [5.41, 5.74) is -0.602. The highest BCUT2D eigenvalue weighted by Crippen LogP contribution is 2.03. The largest absolute Gasteiger partial charge is 0.260 e. The fourth-order valence-electron chi connectivity index (χ4n) is 0.331. The number of aryl methyl sites for hydroxylation is 1. The van der Waals surface area contributed by atoms with Gasteiger partial charge in [-0.2, -0.15) is 0 Å². The van der Waals surface area contributed by atoms with E-state index in [0.29, 0.717) is 0 Å². The molecule has 1 heterocycles. The van der Waals surface area contributed by atoms with E-state index in [1.807, 2.05) is 0 Å². The molecule has 0 aliphatic heterocycles. The third-order valence-electron chi connectivity index (χ3n) is 0.638. The SMILES string of the molecule is [2H]c1nc([2H])c(C([2H])([2H])C([2H])([2H])[2H])nc1Br. The fourth-order valence-corrected chi connectivity index (χ4v) is 0.597. The normalized spacial score (nSPS) is 23.9. The molecule has 0 saturated carbocycles. The Bertz CT molecular complexity index is 416. The summed E-state index contributed by atoms with van der Waals surface area (Å²) in [6.45, 7) is -2.94. The summed E-state index contributed by atoms with van der Waals surface area (Å²) in [5, 5.41) is 0. The monoisotopic (exact) mass is 193 g/mol. The molecule has 0 amide bonds. The van der Waals surface area contributed by atoms with Crippen molar-refractivity contribution in [2.45, 2.75) is 13.2 Å². The minimum absolute atomic E-state index is 0.0911. The molecular weight excluding hydrogens is 180 g/mol. The molecule has 0 bridgehead atoms. The molecule has 9 heavy (non-hydrogen) atoms. The maximum atomic E-state index is 7.43. The standard InChI is InChI=1S/C6H7BrN2/c1-2-5-3-8-4-6(7)9-5/h3-4H,2H2,1H3/i1D3,2D2,3D,4D. The molecule has 0 saturated heterocycles. The Kier molecular flexibility index (Phi) is 0.655. The van der Waals surface area contributed by atoms with E-state index in [-0.39, 0.29) is 10.8 Å². The Hall–Kier alpha value is -0.440. The van der Waals surface area contributed by atoms with Crippen molar-refractivity contribution in [2.24, 2.45) is 0 Å². The fraction of sp³-hybridized carbons (Fsp3) is 0.333. The minimum atomic E-state index is -2.94. The quantitative estimate of drug-likeness (QED) is 0.681. The van der Waals surface area contributed by atoms with Gasteiger partial charge in [-0.05, 0) is 22.3 Å². The zero-order valence-electron chi connectivity index (χ0n) is 11.3. The van der Waals surface area contributed by atoms with E-state index in [4.69, 9.17) is 9.60 Å². The van der Waals surface area contributed by atoms with Crippen LogP contribution in [0.3, 0.4) is 0 Å². The molecule has 0 unspecified atom stereocenters. The Morgan fingerprint density at radius 3 is 3.67 bits per heavy atom. The van der Waals surface area contributed by atoms with E-state index in [2.05, 4.69) is 25.9 Å². The second-order valence-corrected chi connectivity index (χ2v) is 1.96. The third kappa shape index (κ3) is 1.75. The van der Waals surface area contributed by atoms with Crippen LogP contribution in [0.5, 0.6) is 0 Å². The molecule has 1 rings (SSSR count). The van der Waals surface area contributed by atoms with Gasteiger partial charge in [0.15, 0.2) is 0 Å². The maximum absolute atomic E-state index is 7.43. The van der Waals surface area contributed by atoms with Gasteiger partial charge in [-0.3, -0.25) is 4.98 Å². The molecule has 3 heteroatoms. The molecule has 48 valence electrons. The van der Waals surface area contributed by atoms with Gasteiger partial charge < -0.3 is 0 Å². The number of nitrogens with zero attached hydrogens (tertiary/aromatic N) is 2. The molecular formula is C6H7BrN2. The van der Waals surface area contributed by atoms with Crippen LogP contribution >= 0.6 is 15.9 Å². The maximum Gasteiger partial charge on any atom is 0.124 e. The van der Waals surface area contributed by atoms with Gasteiger partial charge in [-0.25, -0.2) is 4.98 Å². The highest BCUT2D eigenvalue weighted by molar-refractivity contribution is 9.10. The van der Waals surface area contributed by atoms with Crippen molar-refractivity contribution < 1.29 is 9.60 Å². The molecule has 0 aliphatic carbocycles. The summed E-state index contributed by atoms with van der Waals surface area (Å²) >= 11 is 2.84. The summed E-state index contributed by atoms with van der Waals surface area (Å²) in [6.07, 6.45) is -3.75. The molecule has 1 aromatic rings. The first-order chi connectivity index (χ1) is 7.07. The smallest absolute Gasteiger partial charge is 0.124 e. The second kappa shape index (κ2) is 2.92. The minimum Gasteiger partial charge on any atom is -0.260 e. The summed E-state index contributed by atoms with van der Waals surface area (Å²) in [5.74, 6) is 0. The van der Waals surface area contributed by atoms with Crippen LogP contribution in [-0.2, 0) is 6.37 Å². The van der Waals surface area contributed by atoms with Crippen LogP contribution in [0.1, 0.15) is 22.1 Å². The Labute approximate surface area is 72.3 Å². The van der Waals surface area contributed by atoms with Crippen molar-refractivity contribution in [3.63, 3.8) is 0 Å². The summed E-state index contributed by atoms with van der Waals surface area (Å²) in [7, 11) is 0. The highest BCUT2D eigenvalue weighted by atomic mass is 79.9. The average molecular weight is 194 g/mol. The van der Waals surface area contributed by atoms with E-state index >= 15 is 0 Å². The lowest BCUT2D eigenvalue weighted by atomic mass is 10.4. The van der Waals surface area contributed by atoms with Gasteiger partial charge >= 0.3 is 0 Å². The summed E-state index contributed by atoms with van der Waals surface area (Å²) < 4.78 is 50.4. The van der Waals surface area contributed by atoms with Crippen molar-refractivity contribution in [1.82, 2.24) is 9.97 Å². The van der Waals surface area contributed by atoms with Crippen LogP contribution in [0.2, 0.25) is 0 Å². The molecule has 0 spiro atoms. The van der Waals surface area contributed by atoms with Gasteiger partial charge in [-0.1, -0.05) is 6.85 Å². The number of halogens is 1.